The summed E-state index contributed by atoms with van der Waals surface area (Å²) in [5.74, 6) is 0.886. The number of rotatable bonds is 4. The number of hydrogen-bond acceptors (Lipinski definition) is 5. The summed E-state index contributed by atoms with van der Waals surface area (Å²) in [6.45, 7) is 2.84. The van der Waals surface area contributed by atoms with Crippen LogP contribution in [0.4, 0.5) is 0 Å². The number of thiazole rings is 1. The van der Waals surface area contributed by atoms with Crippen molar-refractivity contribution in [2.24, 2.45) is 7.05 Å². The van der Waals surface area contributed by atoms with E-state index in [2.05, 4.69) is 38.3 Å². The van der Waals surface area contributed by atoms with Gasteiger partial charge in [0, 0.05) is 48.9 Å². The van der Waals surface area contributed by atoms with E-state index in [0.29, 0.717) is 12.1 Å². The van der Waals surface area contributed by atoms with Crippen molar-refractivity contribution in [3.05, 3.63) is 65.3 Å². The van der Waals surface area contributed by atoms with Crippen LogP contribution < -0.4 is 5.32 Å². The van der Waals surface area contributed by atoms with E-state index in [1.54, 1.807) is 29.3 Å². The molecule has 8 heteroatoms. The Morgan fingerprint density at radius 1 is 1.23 bits per heavy atom. The molecule has 0 spiro atoms. The molecule has 4 aromatic rings. The predicted molar refractivity (Wildman–Crippen MR) is 116 cm³/mol. The molecule has 0 radical (unpaired) electrons. The first kappa shape index (κ1) is 18.7. The largest absolute Gasteiger partial charge is 0.347 e. The first-order chi connectivity index (χ1) is 14.6. The maximum Gasteiger partial charge on any atom is 0.270 e. The van der Waals surface area contributed by atoms with Crippen molar-refractivity contribution in [1.29, 1.82) is 0 Å². The van der Waals surface area contributed by atoms with Crippen molar-refractivity contribution < 1.29 is 4.79 Å². The summed E-state index contributed by atoms with van der Waals surface area (Å²) in [5.41, 5.74) is 3.41. The summed E-state index contributed by atoms with van der Waals surface area (Å²) < 4.78 is 3.82. The number of aromatic nitrogens is 5. The standard InChI is InChI=1S/C22H22N6OS/c1-14-11-23-22(30-14)17-12-24-27(2)20(17)21(29)25-16-8-9-28-13-18(26-19(28)10-16)15-6-4-3-5-7-15/h3-7,11-13,16H,8-10H2,1-2H3,(H,25,29). The van der Waals surface area contributed by atoms with Gasteiger partial charge >= 0.3 is 0 Å². The second-order valence-corrected chi connectivity index (χ2v) is 8.81. The van der Waals surface area contributed by atoms with Crippen molar-refractivity contribution in [2.75, 3.05) is 0 Å². The van der Waals surface area contributed by atoms with Gasteiger partial charge in [-0.25, -0.2) is 9.97 Å². The van der Waals surface area contributed by atoms with E-state index in [0.717, 1.165) is 45.5 Å². The van der Waals surface area contributed by atoms with Gasteiger partial charge in [-0.2, -0.15) is 5.10 Å². The molecular formula is C22H22N6OS. The van der Waals surface area contributed by atoms with Crippen LogP contribution in [-0.4, -0.2) is 36.3 Å². The Balaban J connectivity index is 1.34. The molecule has 1 aliphatic rings. The number of aryl methyl sites for hydroxylation is 3. The van der Waals surface area contributed by atoms with Crippen LogP contribution in [-0.2, 0) is 20.0 Å². The molecule has 1 aromatic carbocycles. The van der Waals surface area contributed by atoms with E-state index in [9.17, 15) is 4.79 Å². The third-order valence-corrected chi connectivity index (χ3v) is 6.36. The Morgan fingerprint density at radius 3 is 2.83 bits per heavy atom. The highest BCUT2D eigenvalue weighted by Crippen LogP contribution is 2.28. The summed E-state index contributed by atoms with van der Waals surface area (Å²) in [6.07, 6.45) is 7.22. The zero-order valence-corrected chi connectivity index (χ0v) is 17.7. The molecule has 1 unspecified atom stereocenters. The van der Waals surface area contributed by atoms with Gasteiger partial charge in [-0.05, 0) is 13.3 Å². The van der Waals surface area contributed by atoms with Crippen molar-refractivity contribution >= 4 is 17.2 Å². The highest BCUT2D eigenvalue weighted by Gasteiger charge is 2.26. The third-order valence-electron chi connectivity index (χ3n) is 5.42. The first-order valence-corrected chi connectivity index (χ1v) is 10.8. The summed E-state index contributed by atoms with van der Waals surface area (Å²) in [7, 11) is 1.79. The van der Waals surface area contributed by atoms with E-state index in [1.165, 1.54) is 0 Å². The number of carbonyl (C=O) groups is 1. The minimum absolute atomic E-state index is 0.0387. The number of amides is 1. The lowest BCUT2D eigenvalue weighted by atomic mass is 10.1. The average molecular weight is 419 g/mol. The highest BCUT2D eigenvalue weighted by molar-refractivity contribution is 7.15. The fourth-order valence-electron chi connectivity index (χ4n) is 3.90. The Bertz CT molecular complexity index is 1210. The van der Waals surface area contributed by atoms with Crippen LogP contribution in [0.25, 0.3) is 21.8 Å². The average Bonchev–Trinajstić information content (AvgIpc) is 3.46. The molecule has 1 aliphatic heterocycles. The quantitative estimate of drug-likeness (QED) is 0.551. The molecule has 0 bridgehead atoms. The van der Waals surface area contributed by atoms with Crippen molar-refractivity contribution in [3.8, 4) is 21.8 Å². The van der Waals surface area contributed by atoms with Crippen LogP contribution in [0.1, 0.15) is 27.6 Å². The lowest BCUT2D eigenvalue weighted by molar-refractivity contribution is 0.0921. The normalized spacial score (nSPS) is 15.7. The van der Waals surface area contributed by atoms with Gasteiger partial charge < -0.3 is 9.88 Å². The molecule has 1 N–H and O–H groups in total. The van der Waals surface area contributed by atoms with Gasteiger partial charge in [0.05, 0.1) is 17.5 Å². The van der Waals surface area contributed by atoms with Crippen LogP contribution in [0, 0.1) is 6.92 Å². The lowest BCUT2D eigenvalue weighted by Gasteiger charge is -2.24. The molecule has 3 aromatic heterocycles. The number of fused-ring (bicyclic) bond motifs is 1. The van der Waals surface area contributed by atoms with Gasteiger partial charge in [0.2, 0.25) is 0 Å². The fraction of sp³-hybridized carbons (Fsp3) is 0.273. The van der Waals surface area contributed by atoms with E-state index >= 15 is 0 Å². The molecule has 7 nitrogen and oxygen atoms in total. The molecule has 152 valence electrons. The predicted octanol–water partition coefficient (Wildman–Crippen LogP) is 3.46. The molecule has 5 rings (SSSR count). The van der Waals surface area contributed by atoms with E-state index in [4.69, 9.17) is 4.98 Å². The summed E-state index contributed by atoms with van der Waals surface area (Å²) in [5, 5.41) is 8.31. The van der Waals surface area contributed by atoms with Crippen molar-refractivity contribution in [3.63, 3.8) is 0 Å². The molecule has 0 aliphatic carbocycles. The molecule has 30 heavy (non-hydrogen) atoms. The number of nitrogens with zero attached hydrogens (tertiary/aromatic N) is 5. The Hall–Kier alpha value is -3.26. The number of hydrogen-bond donors (Lipinski definition) is 1. The van der Waals surface area contributed by atoms with Gasteiger partial charge in [0.1, 0.15) is 16.5 Å². The summed E-state index contributed by atoms with van der Waals surface area (Å²) in [4.78, 5) is 23.5. The van der Waals surface area contributed by atoms with Crippen molar-refractivity contribution in [2.45, 2.75) is 32.4 Å². The van der Waals surface area contributed by atoms with Crippen LogP contribution in [0.15, 0.2) is 48.9 Å². The van der Waals surface area contributed by atoms with E-state index in [-0.39, 0.29) is 11.9 Å². The maximum absolute atomic E-state index is 13.1. The SMILES string of the molecule is Cc1cnc(-c2cnn(C)c2C(=O)NC2CCn3cc(-c4ccccc4)nc3C2)s1. The maximum atomic E-state index is 13.1. The third kappa shape index (κ3) is 3.43. The number of imidazole rings is 1. The molecule has 0 fully saturated rings. The van der Waals surface area contributed by atoms with Gasteiger partial charge in [0.25, 0.3) is 5.91 Å². The molecular weight excluding hydrogens is 396 g/mol. The highest BCUT2D eigenvalue weighted by atomic mass is 32.1. The van der Waals surface area contributed by atoms with Gasteiger partial charge in [-0.3, -0.25) is 9.48 Å². The first-order valence-electron chi connectivity index (χ1n) is 9.95. The number of benzene rings is 1. The molecule has 4 heterocycles. The zero-order valence-electron chi connectivity index (χ0n) is 16.9. The van der Waals surface area contributed by atoms with Gasteiger partial charge in [-0.1, -0.05) is 30.3 Å². The minimum Gasteiger partial charge on any atom is -0.347 e. The molecule has 1 atom stereocenters. The van der Waals surface area contributed by atoms with Crippen molar-refractivity contribution in [1.82, 2.24) is 29.6 Å². The van der Waals surface area contributed by atoms with Crippen LogP contribution in [0.2, 0.25) is 0 Å². The lowest BCUT2D eigenvalue weighted by Crippen LogP contribution is -2.41. The van der Waals surface area contributed by atoms with E-state index < -0.39 is 0 Å². The van der Waals surface area contributed by atoms with Gasteiger partial charge in [0.15, 0.2) is 0 Å². The topological polar surface area (TPSA) is 77.6 Å². The van der Waals surface area contributed by atoms with Crippen LogP contribution in [0.5, 0.6) is 0 Å². The Morgan fingerprint density at radius 2 is 2.07 bits per heavy atom. The summed E-state index contributed by atoms with van der Waals surface area (Å²) in [6, 6.07) is 10.2. The molecule has 0 saturated heterocycles. The fourth-order valence-corrected chi connectivity index (χ4v) is 4.67. The zero-order chi connectivity index (χ0) is 20.7. The molecule has 0 saturated carbocycles. The van der Waals surface area contributed by atoms with E-state index in [1.807, 2.05) is 31.3 Å². The number of carbonyl (C=O) groups excluding carboxylic acids is 1. The van der Waals surface area contributed by atoms with Crippen LogP contribution >= 0.6 is 11.3 Å². The Labute approximate surface area is 178 Å². The van der Waals surface area contributed by atoms with Crippen LogP contribution in [0.3, 0.4) is 0 Å². The minimum atomic E-state index is -0.119. The van der Waals surface area contributed by atoms with Gasteiger partial charge in [-0.15, -0.1) is 11.3 Å². The smallest absolute Gasteiger partial charge is 0.270 e. The monoisotopic (exact) mass is 418 g/mol. The number of nitrogens with one attached hydrogen (secondary N) is 1. The second kappa shape index (κ2) is 7.53. The molecule has 1 amide bonds. The second-order valence-electron chi connectivity index (χ2n) is 7.57. The summed E-state index contributed by atoms with van der Waals surface area (Å²) >= 11 is 1.57. The Kier molecular flexibility index (Phi) is 4.71.